The van der Waals surface area contributed by atoms with E-state index in [-0.39, 0.29) is 5.91 Å². The van der Waals surface area contributed by atoms with Gasteiger partial charge in [-0.2, -0.15) is 0 Å². The van der Waals surface area contributed by atoms with Gasteiger partial charge in [0.2, 0.25) is 0 Å². The largest absolute Gasteiger partial charge is 0.481 e. The summed E-state index contributed by atoms with van der Waals surface area (Å²) in [4.78, 5) is 12.3. The van der Waals surface area contributed by atoms with Crippen molar-refractivity contribution in [3.8, 4) is 5.75 Å². The normalized spacial score (nSPS) is 17.6. The lowest BCUT2D eigenvalue weighted by molar-refractivity contribution is -0.122. The minimum Gasteiger partial charge on any atom is -0.481 e. The first kappa shape index (κ1) is 14.1. The summed E-state index contributed by atoms with van der Waals surface area (Å²) in [7, 11) is 0. The first-order valence-corrected chi connectivity index (χ1v) is 7.74. The number of benzene rings is 2. The molecule has 21 heavy (non-hydrogen) atoms. The van der Waals surface area contributed by atoms with E-state index in [2.05, 4.69) is 21.2 Å². The van der Waals surface area contributed by atoms with Crippen molar-refractivity contribution in [1.29, 1.82) is 0 Å². The molecule has 0 fully saturated rings. The highest BCUT2D eigenvalue weighted by Crippen LogP contribution is 2.26. The summed E-state index contributed by atoms with van der Waals surface area (Å²) in [5, 5.41) is 2.95. The van der Waals surface area contributed by atoms with Gasteiger partial charge in [-0.3, -0.25) is 4.79 Å². The van der Waals surface area contributed by atoms with Crippen LogP contribution in [0.15, 0.2) is 46.9 Å². The van der Waals surface area contributed by atoms with Crippen LogP contribution in [0.2, 0.25) is 0 Å². The van der Waals surface area contributed by atoms with Gasteiger partial charge in [-0.25, -0.2) is 0 Å². The summed E-state index contributed by atoms with van der Waals surface area (Å²) in [6, 6.07) is 13.6. The number of fused-ring (bicyclic) bond motifs is 1. The van der Waals surface area contributed by atoms with Gasteiger partial charge < -0.3 is 10.1 Å². The van der Waals surface area contributed by atoms with Gasteiger partial charge in [0, 0.05) is 10.2 Å². The van der Waals surface area contributed by atoms with E-state index in [1.54, 1.807) is 0 Å². The molecular formula is C17H16BrNO2. The highest BCUT2D eigenvalue weighted by atomic mass is 79.9. The third kappa shape index (κ3) is 3.10. The molecule has 1 amide bonds. The molecule has 0 aliphatic carbocycles. The van der Waals surface area contributed by atoms with Gasteiger partial charge in [0.1, 0.15) is 5.75 Å². The molecule has 0 saturated carbocycles. The van der Waals surface area contributed by atoms with Crippen LogP contribution in [0.4, 0.5) is 5.69 Å². The van der Waals surface area contributed by atoms with Crippen LogP contribution in [0.3, 0.4) is 0 Å². The first-order chi connectivity index (χ1) is 10.1. The fourth-order valence-corrected chi connectivity index (χ4v) is 2.70. The number of aryl methyl sites for hydroxylation is 2. The number of para-hydroxylation sites is 1. The van der Waals surface area contributed by atoms with Gasteiger partial charge in [-0.1, -0.05) is 34.1 Å². The molecule has 108 valence electrons. The van der Waals surface area contributed by atoms with E-state index in [1.807, 2.05) is 49.4 Å². The van der Waals surface area contributed by atoms with Crippen LogP contribution in [0.5, 0.6) is 5.75 Å². The molecule has 4 heteroatoms. The maximum atomic E-state index is 12.3. The van der Waals surface area contributed by atoms with E-state index >= 15 is 0 Å². The number of carbonyl (C=O) groups excluding carboxylic acids is 1. The van der Waals surface area contributed by atoms with Gasteiger partial charge in [0.25, 0.3) is 5.91 Å². The van der Waals surface area contributed by atoms with E-state index in [4.69, 9.17) is 4.74 Å². The number of hydrogen-bond donors (Lipinski definition) is 1. The average Bonchev–Trinajstić information content (AvgIpc) is 2.63. The Morgan fingerprint density at radius 3 is 2.86 bits per heavy atom. The summed E-state index contributed by atoms with van der Waals surface area (Å²) in [5.41, 5.74) is 3.13. The molecular weight excluding hydrogens is 330 g/mol. The molecule has 1 aliphatic heterocycles. The zero-order valence-electron chi connectivity index (χ0n) is 11.7. The quantitative estimate of drug-likeness (QED) is 0.890. The number of hydrogen-bond acceptors (Lipinski definition) is 2. The van der Waals surface area contributed by atoms with Crippen molar-refractivity contribution >= 4 is 27.5 Å². The van der Waals surface area contributed by atoms with Crippen LogP contribution in [0, 0.1) is 6.92 Å². The number of carbonyl (C=O) groups is 1. The summed E-state index contributed by atoms with van der Waals surface area (Å²) < 4.78 is 6.92. The molecule has 0 radical (unpaired) electrons. The molecule has 3 nitrogen and oxygen atoms in total. The third-order valence-corrected chi connectivity index (χ3v) is 4.54. The van der Waals surface area contributed by atoms with Crippen LogP contribution in [0.1, 0.15) is 17.5 Å². The Morgan fingerprint density at radius 2 is 2.05 bits per heavy atom. The SMILES string of the molecule is Cc1cc(OC2CCc3ccccc3NC2=O)ccc1Br. The van der Waals surface area contributed by atoms with E-state index in [9.17, 15) is 4.79 Å². The van der Waals surface area contributed by atoms with E-state index < -0.39 is 6.10 Å². The van der Waals surface area contributed by atoms with E-state index in [1.165, 1.54) is 0 Å². The van der Waals surface area contributed by atoms with Crippen molar-refractivity contribution in [2.45, 2.75) is 25.9 Å². The predicted octanol–water partition coefficient (Wildman–Crippen LogP) is 4.09. The van der Waals surface area contributed by atoms with Gasteiger partial charge in [-0.05, 0) is 55.2 Å². The summed E-state index contributed by atoms with van der Waals surface area (Å²) >= 11 is 3.46. The van der Waals surface area contributed by atoms with Crippen molar-refractivity contribution in [3.05, 3.63) is 58.1 Å². The van der Waals surface area contributed by atoms with Crippen LogP contribution < -0.4 is 10.1 Å². The highest BCUT2D eigenvalue weighted by molar-refractivity contribution is 9.10. The van der Waals surface area contributed by atoms with Gasteiger partial charge in [-0.15, -0.1) is 0 Å². The molecule has 0 aromatic heterocycles. The molecule has 0 bridgehead atoms. The Morgan fingerprint density at radius 1 is 1.24 bits per heavy atom. The fourth-order valence-electron chi connectivity index (χ4n) is 2.46. The number of amides is 1. The maximum Gasteiger partial charge on any atom is 0.265 e. The lowest BCUT2D eigenvalue weighted by Gasteiger charge is -2.16. The molecule has 1 aliphatic rings. The first-order valence-electron chi connectivity index (χ1n) is 6.95. The van der Waals surface area contributed by atoms with Gasteiger partial charge >= 0.3 is 0 Å². The second-order valence-electron chi connectivity index (χ2n) is 5.20. The highest BCUT2D eigenvalue weighted by Gasteiger charge is 2.25. The second-order valence-corrected chi connectivity index (χ2v) is 6.06. The van der Waals surface area contributed by atoms with Crippen molar-refractivity contribution in [2.24, 2.45) is 0 Å². The standard InChI is InChI=1S/C17H16BrNO2/c1-11-10-13(7-8-14(11)18)21-16-9-6-12-4-2-3-5-15(12)19-17(16)20/h2-5,7-8,10,16H,6,9H2,1H3,(H,19,20). The lowest BCUT2D eigenvalue weighted by Crippen LogP contribution is -2.31. The minimum absolute atomic E-state index is 0.0829. The van der Waals surface area contributed by atoms with Crippen LogP contribution in [-0.2, 0) is 11.2 Å². The fraction of sp³-hybridized carbons (Fsp3) is 0.235. The predicted molar refractivity (Wildman–Crippen MR) is 86.7 cm³/mol. The molecule has 1 atom stereocenters. The molecule has 0 saturated heterocycles. The number of ether oxygens (including phenoxy) is 1. The maximum absolute atomic E-state index is 12.3. The Labute approximate surface area is 132 Å². The molecule has 2 aromatic rings. The van der Waals surface area contributed by atoms with Crippen molar-refractivity contribution in [3.63, 3.8) is 0 Å². The van der Waals surface area contributed by atoms with Gasteiger partial charge in [0.15, 0.2) is 6.10 Å². The molecule has 3 rings (SSSR count). The topological polar surface area (TPSA) is 38.3 Å². The minimum atomic E-state index is -0.460. The molecule has 1 N–H and O–H groups in total. The Hall–Kier alpha value is -1.81. The average molecular weight is 346 g/mol. The Balaban J connectivity index is 1.78. The monoisotopic (exact) mass is 345 g/mol. The van der Waals surface area contributed by atoms with Crippen molar-refractivity contribution in [2.75, 3.05) is 5.32 Å². The Kier molecular flexibility index (Phi) is 3.97. The molecule has 1 unspecified atom stereocenters. The zero-order chi connectivity index (χ0) is 14.8. The van der Waals surface area contributed by atoms with Gasteiger partial charge in [0.05, 0.1) is 0 Å². The van der Waals surface area contributed by atoms with Crippen molar-refractivity contribution in [1.82, 2.24) is 0 Å². The Bertz CT molecular complexity index is 684. The van der Waals surface area contributed by atoms with Crippen LogP contribution >= 0.6 is 15.9 Å². The number of nitrogens with one attached hydrogen (secondary N) is 1. The summed E-state index contributed by atoms with van der Waals surface area (Å²) in [6.45, 7) is 2.00. The third-order valence-electron chi connectivity index (χ3n) is 3.65. The van der Waals surface area contributed by atoms with E-state index in [0.29, 0.717) is 6.42 Å². The summed E-state index contributed by atoms with van der Waals surface area (Å²) in [5.74, 6) is 0.641. The van der Waals surface area contributed by atoms with Crippen LogP contribution in [-0.4, -0.2) is 12.0 Å². The number of halogens is 1. The van der Waals surface area contributed by atoms with Crippen LogP contribution in [0.25, 0.3) is 0 Å². The molecule has 2 aromatic carbocycles. The second kappa shape index (κ2) is 5.90. The lowest BCUT2D eigenvalue weighted by atomic mass is 10.1. The smallest absolute Gasteiger partial charge is 0.265 e. The van der Waals surface area contributed by atoms with Crippen molar-refractivity contribution < 1.29 is 9.53 Å². The number of rotatable bonds is 2. The summed E-state index contributed by atoms with van der Waals surface area (Å²) in [6.07, 6.45) is 1.05. The van der Waals surface area contributed by atoms with E-state index in [0.717, 1.165) is 33.5 Å². The molecule has 1 heterocycles. The number of anilines is 1. The zero-order valence-corrected chi connectivity index (χ0v) is 13.3. The molecule has 0 spiro atoms.